The zero-order valence-corrected chi connectivity index (χ0v) is 2.93. The second-order valence-corrected chi connectivity index (χ2v) is 0.810. The molecule has 1 saturated heterocycles. The lowest BCUT2D eigenvalue weighted by atomic mass is 11.1. The summed E-state index contributed by atoms with van der Waals surface area (Å²) in [4.78, 5) is 17.8. The molecular formula is C2H3NO3. The highest BCUT2D eigenvalue weighted by molar-refractivity contribution is 5.67. The lowest BCUT2D eigenvalue weighted by molar-refractivity contribution is -0.204. The Morgan fingerprint density at radius 1 is 1.83 bits per heavy atom. The number of hydrogen-bond donors (Lipinski definition) is 1. The van der Waals surface area contributed by atoms with Gasteiger partial charge in [-0.15, -0.1) is 0 Å². The summed E-state index contributed by atoms with van der Waals surface area (Å²) in [7, 11) is 0. The summed E-state index contributed by atoms with van der Waals surface area (Å²) in [6.45, 7) is 0.166. The van der Waals surface area contributed by atoms with E-state index in [1.54, 1.807) is 0 Å². The van der Waals surface area contributed by atoms with Crippen molar-refractivity contribution >= 4 is 6.09 Å². The van der Waals surface area contributed by atoms with Gasteiger partial charge >= 0.3 is 6.09 Å². The molecule has 1 heterocycles. The molecule has 0 saturated carbocycles. The zero-order chi connectivity index (χ0) is 4.41. The number of nitrogens with one attached hydrogen (secondary N) is 1. The molecule has 1 fully saturated rings. The van der Waals surface area contributed by atoms with E-state index in [-0.39, 0.29) is 6.73 Å². The Kier molecular flexibility index (Phi) is 0.648. The van der Waals surface area contributed by atoms with Crippen LogP contribution < -0.4 is 5.32 Å². The maximum absolute atomic E-state index is 9.78. The van der Waals surface area contributed by atoms with Crippen LogP contribution in [0, 0.1) is 0 Å². The topological polar surface area (TPSA) is 47.6 Å². The Balaban J connectivity index is 2.37. The SMILES string of the molecule is O=C1NCOO1. The molecule has 0 spiro atoms. The summed E-state index contributed by atoms with van der Waals surface area (Å²) in [6, 6.07) is 0. The van der Waals surface area contributed by atoms with Crippen molar-refractivity contribution in [3.63, 3.8) is 0 Å². The number of rotatable bonds is 0. The van der Waals surface area contributed by atoms with Crippen LogP contribution in [0.3, 0.4) is 0 Å². The number of hydrogen-bond acceptors (Lipinski definition) is 3. The zero-order valence-electron chi connectivity index (χ0n) is 2.93. The summed E-state index contributed by atoms with van der Waals surface area (Å²) < 4.78 is 0. The second-order valence-electron chi connectivity index (χ2n) is 0.810. The van der Waals surface area contributed by atoms with Gasteiger partial charge in [0, 0.05) is 0 Å². The van der Waals surface area contributed by atoms with Gasteiger partial charge in [-0.05, 0) is 0 Å². The van der Waals surface area contributed by atoms with Crippen molar-refractivity contribution in [1.29, 1.82) is 0 Å². The molecule has 0 aromatic heterocycles. The normalized spacial score (nSPS) is 19.7. The highest BCUT2D eigenvalue weighted by Crippen LogP contribution is 1.84. The molecule has 34 valence electrons. The van der Waals surface area contributed by atoms with Gasteiger partial charge in [-0.3, -0.25) is 10.2 Å². The Labute approximate surface area is 34.0 Å². The molecule has 0 unspecified atom stereocenters. The van der Waals surface area contributed by atoms with Crippen LogP contribution in [0.2, 0.25) is 0 Å². The maximum atomic E-state index is 9.78. The van der Waals surface area contributed by atoms with E-state index >= 15 is 0 Å². The Morgan fingerprint density at radius 2 is 2.67 bits per heavy atom. The minimum absolute atomic E-state index is 0.166. The molecule has 0 aromatic rings. The van der Waals surface area contributed by atoms with E-state index in [0.717, 1.165) is 0 Å². The van der Waals surface area contributed by atoms with E-state index in [2.05, 4.69) is 15.1 Å². The molecule has 1 aliphatic heterocycles. The molecule has 0 aliphatic carbocycles. The minimum Gasteiger partial charge on any atom is -0.292 e. The molecule has 0 atom stereocenters. The molecule has 1 amide bonds. The molecule has 1 rings (SSSR count). The summed E-state index contributed by atoms with van der Waals surface area (Å²) in [5, 5.41) is 2.24. The molecule has 4 nitrogen and oxygen atoms in total. The van der Waals surface area contributed by atoms with Gasteiger partial charge in [0.25, 0.3) is 0 Å². The third kappa shape index (κ3) is 0.414. The van der Waals surface area contributed by atoms with Crippen molar-refractivity contribution < 1.29 is 14.6 Å². The molecule has 1 N–H and O–H groups in total. The van der Waals surface area contributed by atoms with Gasteiger partial charge in [0.05, 0.1) is 0 Å². The fraction of sp³-hybridized carbons (Fsp3) is 0.500. The van der Waals surface area contributed by atoms with Gasteiger partial charge in [-0.1, -0.05) is 0 Å². The van der Waals surface area contributed by atoms with Crippen molar-refractivity contribution in [2.24, 2.45) is 0 Å². The van der Waals surface area contributed by atoms with Crippen molar-refractivity contribution in [2.75, 3.05) is 6.73 Å². The largest absolute Gasteiger partial charge is 0.440 e. The van der Waals surface area contributed by atoms with Gasteiger partial charge in [0.2, 0.25) is 0 Å². The van der Waals surface area contributed by atoms with E-state index in [1.165, 1.54) is 0 Å². The van der Waals surface area contributed by atoms with Crippen molar-refractivity contribution in [1.82, 2.24) is 5.32 Å². The summed E-state index contributed by atoms with van der Waals surface area (Å²) >= 11 is 0. The maximum Gasteiger partial charge on any atom is 0.440 e. The van der Waals surface area contributed by atoms with E-state index < -0.39 is 6.09 Å². The second kappa shape index (κ2) is 1.14. The first-order valence-electron chi connectivity index (χ1n) is 1.47. The van der Waals surface area contributed by atoms with E-state index in [4.69, 9.17) is 0 Å². The lowest BCUT2D eigenvalue weighted by Crippen LogP contribution is -2.11. The standard InChI is InChI=1S/C2H3NO3/c4-2-3-1-5-6-2/h1H2,(H,3,4). The number of carbonyl (C=O) groups is 1. The molecule has 1 aliphatic rings. The van der Waals surface area contributed by atoms with Gasteiger partial charge in [-0.2, -0.15) is 4.89 Å². The van der Waals surface area contributed by atoms with Crippen LogP contribution in [0.25, 0.3) is 0 Å². The average molecular weight is 89.0 g/mol. The van der Waals surface area contributed by atoms with E-state index in [9.17, 15) is 4.79 Å². The minimum atomic E-state index is -0.519. The summed E-state index contributed by atoms with van der Waals surface area (Å²) in [5.41, 5.74) is 0. The van der Waals surface area contributed by atoms with E-state index in [1.807, 2.05) is 0 Å². The van der Waals surface area contributed by atoms with E-state index in [0.29, 0.717) is 0 Å². The molecule has 6 heavy (non-hydrogen) atoms. The monoisotopic (exact) mass is 89.0 g/mol. The molecule has 0 radical (unpaired) electrons. The predicted molar refractivity (Wildman–Crippen MR) is 15.6 cm³/mol. The van der Waals surface area contributed by atoms with Gasteiger partial charge in [0.1, 0.15) is 0 Å². The Bertz CT molecular complexity index is 63.2. The molecule has 0 bridgehead atoms. The highest BCUT2D eigenvalue weighted by atomic mass is 17.2. The predicted octanol–water partition coefficient (Wildman–Crippen LogP) is -0.385. The van der Waals surface area contributed by atoms with Crippen LogP contribution in [0.15, 0.2) is 0 Å². The Hall–Kier alpha value is -0.770. The number of amides is 1. The van der Waals surface area contributed by atoms with Crippen LogP contribution in [-0.2, 0) is 9.78 Å². The van der Waals surface area contributed by atoms with Crippen molar-refractivity contribution in [3.05, 3.63) is 0 Å². The van der Waals surface area contributed by atoms with Gasteiger partial charge in [0.15, 0.2) is 6.73 Å². The Morgan fingerprint density at radius 3 is 2.83 bits per heavy atom. The number of carbonyl (C=O) groups excluding carboxylic acids is 1. The molecule has 4 heteroatoms. The highest BCUT2D eigenvalue weighted by Gasteiger charge is 2.08. The van der Waals surface area contributed by atoms with Crippen molar-refractivity contribution in [2.45, 2.75) is 0 Å². The van der Waals surface area contributed by atoms with Crippen LogP contribution in [-0.4, -0.2) is 12.8 Å². The van der Waals surface area contributed by atoms with Crippen LogP contribution in [0.1, 0.15) is 0 Å². The first-order chi connectivity index (χ1) is 2.89. The quantitative estimate of drug-likeness (QED) is 0.411. The summed E-state index contributed by atoms with van der Waals surface area (Å²) in [5.74, 6) is 0. The van der Waals surface area contributed by atoms with Crippen LogP contribution in [0.4, 0.5) is 4.79 Å². The first-order valence-corrected chi connectivity index (χ1v) is 1.47. The van der Waals surface area contributed by atoms with Crippen LogP contribution >= 0.6 is 0 Å². The molecule has 0 aromatic carbocycles. The fourth-order valence-electron chi connectivity index (χ4n) is 0.201. The first kappa shape index (κ1) is 3.42. The van der Waals surface area contributed by atoms with Crippen molar-refractivity contribution in [3.8, 4) is 0 Å². The summed E-state index contributed by atoms with van der Waals surface area (Å²) in [6.07, 6.45) is -0.519. The van der Waals surface area contributed by atoms with Crippen LogP contribution in [0.5, 0.6) is 0 Å². The third-order valence-electron chi connectivity index (χ3n) is 0.410. The average Bonchev–Trinajstić information content (AvgIpc) is 1.86. The third-order valence-corrected chi connectivity index (χ3v) is 0.410. The van der Waals surface area contributed by atoms with Gasteiger partial charge < -0.3 is 0 Å². The van der Waals surface area contributed by atoms with Gasteiger partial charge in [-0.25, -0.2) is 4.79 Å². The molecular weight excluding hydrogens is 86.0 g/mol. The smallest absolute Gasteiger partial charge is 0.292 e. The lowest BCUT2D eigenvalue weighted by Gasteiger charge is -1.75. The fourth-order valence-corrected chi connectivity index (χ4v) is 0.201.